The number of carbonyl (C=O) groups is 3. The summed E-state index contributed by atoms with van der Waals surface area (Å²) < 4.78 is 5.51. The number of alkyl carbamates (subject to hydrolysis) is 1. The van der Waals surface area contributed by atoms with Crippen molar-refractivity contribution in [2.24, 2.45) is 5.41 Å². The van der Waals surface area contributed by atoms with E-state index < -0.39 is 30.1 Å². The van der Waals surface area contributed by atoms with Crippen molar-refractivity contribution in [1.82, 2.24) is 10.6 Å². The van der Waals surface area contributed by atoms with E-state index in [0.717, 1.165) is 22.3 Å². The Kier molecular flexibility index (Phi) is 7.41. The van der Waals surface area contributed by atoms with E-state index in [1.165, 1.54) is 0 Å². The highest BCUT2D eigenvalue weighted by atomic mass is 16.5. The zero-order valence-electron chi connectivity index (χ0n) is 19.6. The molecule has 2 unspecified atom stereocenters. The third-order valence-electron chi connectivity index (χ3n) is 5.79. The van der Waals surface area contributed by atoms with E-state index in [4.69, 9.17) is 4.74 Å². The molecule has 2 atom stereocenters. The number of carboxylic acid groups (broad SMARTS) is 1. The van der Waals surface area contributed by atoms with Gasteiger partial charge in [0.1, 0.15) is 18.7 Å². The predicted molar refractivity (Wildman–Crippen MR) is 126 cm³/mol. The Morgan fingerprint density at radius 3 is 1.97 bits per heavy atom. The summed E-state index contributed by atoms with van der Waals surface area (Å²) >= 11 is 0. The molecule has 3 N–H and O–H groups in total. The van der Waals surface area contributed by atoms with Gasteiger partial charge in [-0.1, -0.05) is 76.2 Å². The summed E-state index contributed by atoms with van der Waals surface area (Å²) in [7, 11) is 0. The molecule has 0 heterocycles. The molecule has 0 bridgehead atoms. The van der Waals surface area contributed by atoms with Gasteiger partial charge in [0, 0.05) is 5.92 Å². The van der Waals surface area contributed by atoms with E-state index >= 15 is 0 Å². The summed E-state index contributed by atoms with van der Waals surface area (Å²) in [6, 6.07) is 14.2. The molecule has 0 aliphatic heterocycles. The molecule has 2 aromatic rings. The fourth-order valence-electron chi connectivity index (χ4n) is 4.22. The number of carbonyl (C=O) groups excluding carboxylic acids is 2. The van der Waals surface area contributed by atoms with Gasteiger partial charge in [-0.3, -0.25) is 4.79 Å². The van der Waals surface area contributed by atoms with Crippen LogP contribution >= 0.6 is 0 Å². The minimum Gasteiger partial charge on any atom is -0.480 e. The van der Waals surface area contributed by atoms with E-state index in [1.807, 2.05) is 57.2 Å². The monoisotopic (exact) mass is 452 g/mol. The Morgan fingerprint density at radius 2 is 1.48 bits per heavy atom. The highest BCUT2D eigenvalue weighted by Crippen LogP contribution is 2.44. The van der Waals surface area contributed by atoms with Crippen molar-refractivity contribution in [3.63, 3.8) is 0 Å². The van der Waals surface area contributed by atoms with Gasteiger partial charge in [-0.15, -0.1) is 0 Å². The van der Waals surface area contributed by atoms with Gasteiger partial charge in [0.15, 0.2) is 0 Å². The van der Waals surface area contributed by atoms with Gasteiger partial charge >= 0.3 is 12.1 Å². The van der Waals surface area contributed by atoms with Crippen LogP contribution in [0.5, 0.6) is 0 Å². The molecule has 2 aromatic carbocycles. The standard InChI is InChI=1S/C26H32N2O5/c1-5-21(23(29)27-22(24(30)31)14-26(2,3)4)28-25(32)33-15-20-18-12-8-6-10-16(18)17-11-7-9-13-19(17)20/h6-13,20-22H,5,14-15H2,1-4H3,(H,27,29)(H,28,32)(H,30,31). The van der Waals surface area contributed by atoms with Gasteiger partial charge in [-0.2, -0.15) is 0 Å². The molecule has 1 aliphatic rings. The van der Waals surface area contributed by atoms with Gasteiger partial charge < -0.3 is 20.5 Å². The number of nitrogens with one attached hydrogen (secondary N) is 2. The lowest BCUT2D eigenvalue weighted by Gasteiger charge is -2.26. The van der Waals surface area contributed by atoms with Crippen LogP contribution in [0.1, 0.15) is 57.6 Å². The van der Waals surface area contributed by atoms with Crippen molar-refractivity contribution in [2.75, 3.05) is 6.61 Å². The Balaban J connectivity index is 1.62. The summed E-state index contributed by atoms with van der Waals surface area (Å²) in [5, 5.41) is 14.6. The van der Waals surface area contributed by atoms with Crippen molar-refractivity contribution in [3.05, 3.63) is 59.7 Å². The molecule has 0 aromatic heterocycles. The van der Waals surface area contributed by atoms with Crippen LogP contribution < -0.4 is 10.6 Å². The molecule has 7 heteroatoms. The van der Waals surface area contributed by atoms with E-state index in [9.17, 15) is 19.5 Å². The molecular weight excluding hydrogens is 420 g/mol. The quantitative estimate of drug-likeness (QED) is 0.554. The molecule has 33 heavy (non-hydrogen) atoms. The predicted octanol–water partition coefficient (Wildman–Crippen LogP) is 4.31. The lowest BCUT2D eigenvalue weighted by Crippen LogP contribution is -2.52. The fraction of sp³-hybridized carbons (Fsp3) is 0.423. The maximum atomic E-state index is 12.7. The molecule has 1 aliphatic carbocycles. The van der Waals surface area contributed by atoms with E-state index in [-0.39, 0.29) is 24.4 Å². The van der Waals surface area contributed by atoms with Crippen LogP contribution in [0.3, 0.4) is 0 Å². The normalized spacial score (nSPS) is 14.5. The van der Waals surface area contributed by atoms with Crippen molar-refractivity contribution < 1.29 is 24.2 Å². The van der Waals surface area contributed by atoms with E-state index in [2.05, 4.69) is 22.8 Å². The number of amides is 2. The summed E-state index contributed by atoms with van der Waals surface area (Å²) in [4.78, 5) is 36.7. The van der Waals surface area contributed by atoms with Gasteiger partial charge in [-0.05, 0) is 40.5 Å². The number of hydrogen-bond donors (Lipinski definition) is 3. The molecule has 0 spiro atoms. The molecule has 0 saturated carbocycles. The Bertz CT molecular complexity index is 982. The summed E-state index contributed by atoms with van der Waals surface area (Å²) in [5.41, 5.74) is 4.18. The average molecular weight is 453 g/mol. The summed E-state index contributed by atoms with van der Waals surface area (Å²) in [6.07, 6.45) is -0.130. The molecule has 7 nitrogen and oxygen atoms in total. The highest BCUT2D eigenvalue weighted by molar-refractivity contribution is 5.89. The lowest BCUT2D eigenvalue weighted by molar-refractivity contribution is -0.143. The molecule has 2 amide bonds. The zero-order chi connectivity index (χ0) is 24.2. The van der Waals surface area contributed by atoms with Gasteiger partial charge in [-0.25, -0.2) is 9.59 Å². The van der Waals surface area contributed by atoms with Crippen LogP contribution in [0.25, 0.3) is 11.1 Å². The number of aliphatic carboxylic acids is 1. The number of benzene rings is 2. The van der Waals surface area contributed by atoms with Crippen molar-refractivity contribution >= 4 is 18.0 Å². The molecule has 0 fully saturated rings. The van der Waals surface area contributed by atoms with Crippen LogP contribution in [-0.2, 0) is 14.3 Å². The fourth-order valence-corrected chi connectivity index (χ4v) is 4.22. The van der Waals surface area contributed by atoms with Crippen LogP contribution in [0, 0.1) is 5.41 Å². The number of rotatable bonds is 8. The molecule has 176 valence electrons. The van der Waals surface area contributed by atoms with Gasteiger partial charge in [0.2, 0.25) is 5.91 Å². The highest BCUT2D eigenvalue weighted by Gasteiger charge is 2.31. The van der Waals surface area contributed by atoms with Crippen molar-refractivity contribution in [3.8, 4) is 11.1 Å². The number of ether oxygens (including phenoxy) is 1. The zero-order valence-corrected chi connectivity index (χ0v) is 19.6. The minimum atomic E-state index is -1.10. The maximum absolute atomic E-state index is 12.7. The van der Waals surface area contributed by atoms with Crippen LogP contribution in [0.15, 0.2) is 48.5 Å². The second-order valence-corrected chi connectivity index (χ2v) is 9.59. The minimum absolute atomic E-state index is 0.0831. The van der Waals surface area contributed by atoms with Crippen LogP contribution in [0.4, 0.5) is 4.79 Å². The topological polar surface area (TPSA) is 105 Å². The number of fused-ring (bicyclic) bond motifs is 3. The summed E-state index contributed by atoms with van der Waals surface area (Å²) in [6.45, 7) is 7.59. The third-order valence-corrected chi connectivity index (χ3v) is 5.79. The van der Waals surface area contributed by atoms with Crippen molar-refractivity contribution in [2.45, 2.75) is 58.5 Å². The first-order valence-corrected chi connectivity index (χ1v) is 11.3. The van der Waals surface area contributed by atoms with Crippen LogP contribution in [0.2, 0.25) is 0 Å². The smallest absolute Gasteiger partial charge is 0.407 e. The SMILES string of the molecule is CCC(NC(=O)OCC1c2ccccc2-c2ccccc21)C(=O)NC(CC(C)(C)C)C(=O)O. The molecular formula is C26H32N2O5. The Morgan fingerprint density at radius 1 is 0.939 bits per heavy atom. The lowest BCUT2D eigenvalue weighted by atomic mass is 9.88. The number of hydrogen-bond acceptors (Lipinski definition) is 4. The van der Waals surface area contributed by atoms with Crippen LogP contribution in [-0.4, -0.2) is 41.8 Å². The average Bonchev–Trinajstić information content (AvgIpc) is 3.08. The maximum Gasteiger partial charge on any atom is 0.407 e. The first kappa shape index (κ1) is 24.3. The second-order valence-electron chi connectivity index (χ2n) is 9.59. The number of carboxylic acids is 1. The molecule has 0 radical (unpaired) electrons. The Hall–Kier alpha value is -3.35. The van der Waals surface area contributed by atoms with Crippen molar-refractivity contribution in [1.29, 1.82) is 0 Å². The molecule has 0 saturated heterocycles. The van der Waals surface area contributed by atoms with E-state index in [1.54, 1.807) is 6.92 Å². The Labute approximate surface area is 194 Å². The second kappa shape index (κ2) is 10.1. The third kappa shape index (κ3) is 5.92. The summed E-state index contributed by atoms with van der Waals surface area (Å²) in [5.74, 6) is -1.72. The first-order chi connectivity index (χ1) is 15.6. The van der Waals surface area contributed by atoms with Gasteiger partial charge in [0.25, 0.3) is 0 Å². The van der Waals surface area contributed by atoms with E-state index in [0.29, 0.717) is 6.42 Å². The van der Waals surface area contributed by atoms with Gasteiger partial charge in [0.05, 0.1) is 0 Å². The molecule has 3 rings (SSSR count). The largest absolute Gasteiger partial charge is 0.480 e. The first-order valence-electron chi connectivity index (χ1n) is 11.3.